The van der Waals surface area contributed by atoms with Crippen molar-refractivity contribution < 1.29 is 9.90 Å². The predicted octanol–water partition coefficient (Wildman–Crippen LogP) is 4.67. The van der Waals surface area contributed by atoms with E-state index in [0.29, 0.717) is 0 Å². The number of aliphatic carboxylic acids is 1. The third-order valence-electron chi connectivity index (χ3n) is 2.79. The highest BCUT2D eigenvalue weighted by Gasteiger charge is 1.95. The van der Waals surface area contributed by atoms with Crippen LogP contribution in [0.4, 0.5) is 0 Å². The van der Waals surface area contributed by atoms with Gasteiger partial charge < -0.3 is 5.11 Å². The maximum Gasteiger partial charge on any atom is 0.327 e. The largest absolute Gasteiger partial charge is 0.478 e. The van der Waals surface area contributed by atoms with E-state index < -0.39 is 5.97 Å². The first-order valence-corrected chi connectivity index (χ1v) is 5.93. The Balaban J connectivity index is 0.000000293. The molecule has 0 saturated carbocycles. The maximum absolute atomic E-state index is 9.25. The van der Waals surface area contributed by atoms with Gasteiger partial charge in [0.05, 0.1) is 0 Å². The SMILES string of the molecule is C=CC(=O)O.Cl.c1ccc2cc3ccccc3cc2c1. The van der Waals surface area contributed by atoms with E-state index in [4.69, 9.17) is 5.11 Å². The van der Waals surface area contributed by atoms with Crippen molar-refractivity contribution in [2.45, 2.75) is 0 Å². The summed E-state index contributed by atoms with van der Waals surface area (Å²) >= 11 is 0. The van der Waals surface area contributed by atoms with Crippen LogP contribution in [0, 0.1) is 0 Å². The second kappa shape index (κ2) is 7.31. The number of hydrogen-bond donors (Lipinski definition) is 1. The van der Waals surface area contributed by atoms with Crippen LogP contribution in [-0.4, -0.2) is 11.1 Å². The molecule has 102 valence electrons. The fourth-order valence-corrected chi connectivity index (χ4v) is 1.88. The Morgan fingerprint density at radius 1 is 0.850 bits per heavy atom. The van der Waals surface area contributed by atoms with E-state index in [0.717, 1.165) is 6.08 Å². The molecule has 2 nitrogen and oxygen atoms in total. The minimum Gasteiger partial charge on any atom is -0.478 e. The minimum atomic E-state index is -0.981. The Morgan fingerprint density at radius 3 is 1.30 bits per heavy atom. The second-order valence-corrected chi connectivity index (χ2v) is 4.09. The summed E-state index contributed by atoms with van der Waals surface area (Å²) in [5.74, 6) is -0.981. The number of carbonyl (C=O) groups is 1. The van der Waals surface area contributed by atoms with Crippen molar-refractivity contribution in [3.05, 3.63) is 73.3 Å². The molecule has 3 aromatic carbocycles. The topological polar surface area (TPSA) is 37.3 Å². The van der Waals surface area contributed by atoms with Gasteiger partial charge in [-0.3, -0.25) is 0 Å². The summed E-state index contributed by atoms with van der Waals surface area (Å²) < 4.78 is 0. The highest BCUT2D eigenvalue weighted by molar-refractivity contribution is 5.98. The molecular formula is C17H15ClO2. The van der Waals surface area contributed by atoms with Gasteiger partial charge in [0.25, 0.3) is 0 Å². The lowest BCUT2D eigenvalue weighted by molar-refractivity contribution is -0.131. The van der Waals surface area contributed by atoms with E-state index in [1.165, 1.54) is 21.5 Å². The van der Waals surface area contributed by atoms with Crippen molar-refractivity contribution in [1.82, 2.24) is 0 Å². The zero-order valence-corrected chi connectivity index (χ0v) is 11.6. The zero-order chi connectivity index (χ0) is 13.7. The van der Waals surface area contributed by atoms with Crippen LogP contribution >= 0.6 is 12.4 Å². The van der Waals surface area contributed by atoms with E-state index in [1.54, 1.807) is 0 Å². The molecule has 0 aliphatic carbocycles. The van der Waals surface area contributed by atoms with Gasteiger partial charge in [-0.1, -0.05) is 55.1 Å². The molecule has 0 radical (unpaired) electrons. The van der Waals surface area contributed by atoms with Crippen LogP contribution in [0.1, 0.15) is 0 Å². The van der Waals surface area contributed by atoms with Gasteiger partial charge in [0.2, 0.25) is 0 Å². The van der Waals surface area contributed by atoms with Crippen LogP contribution in [0.15, 0.2) is 73.3 Å². The Hall–Kier alpha value is -2.32. The molecule has 0 atom stereocenters. The Labute approximate surface area is 123 Å². The average Bonchev–Trinajstić information content (AvgIpc) is 2.45. The summed E-state index contributed by atoms with van der Waals surface area (Å²) in [5.41, 5.74) is 0. The average molecular weight is 287 g/mol. The molecule has 0 unspecified atom stereocenters. The molecule has 0 spiro atoms. The van der Waals surface area contributed by atoms with Crippen LogP contribution in [0.3, 0.4) is 0 Å². The summed E-state index contributed by atoms with van der Waals surface area (Å²) in [5, 5.41) is 12.8. The van der Waals surface area contributed by atoms with Gasteiger partial charge >= 0.3 is 5.97 Å². The zero-order valence-electron chi connectivity index (χ0n) is 10.8. The van der Waals surface area contributed by atoms with Gasteiger partial charge in [-0.2, -0.15) is 0 Å². The number of halogens is 1. The number of hydrogen-bond acceptors (Lipinski definition) is 1. The van der Waals surface area contributed by atoms with E-state index in [1.807, 2.05) is 0 Å². The quantitative estimate of drug-likeness (QED) is 0.521. The lowest BCUT2D eigenvalue weighted by Gasteiger charge is -2.00. The van der Waals surface area contributed by atoms with Gasteiger partial charge in [0, 0.05) is 6.08 Å². The Kier molecular flexibility index (Phi) is 5.75. The van der Waals surface area contributed by atoms with E-state index in [-0.39, 0.29) is 12.4 Å². The van der Waals surface area contributed by atoms with Crippen molar-refractivity contribution in [3.63, 3.8) is 0 Å². The molecule has 1 N–H and O–H groups in total. The van der Waals surface area contributed by atoms with E-state index >= 15 is 0 Å². The van der Waals surface area contributed by atoms with Crippen molar-refractivity contribution in [2.24, 2.45) is 0 Å². The first-order valence-electron chi connectivity index (χ1n) is 5.93. The Bertz CT molecular complexity index is 630. The molecule has 0 bridgehead atoms. The normalized spacial score (nSPS) is 9.20. The molecule has 20 heavy (non-hydrogen) atoms. The standard InChI is InChI=1S/C14H10.C3H4O2.ClH/c1-2-6-12-10-14-8-4-3-7-13(14)9-11(12)5-1;1-2-3(4)5;/h1-10H;2H,1H2,(H,4,5);1H. The molecule has 0 heterocycles. The van der Waals surface area contributed by atoms with Crippen LogP contribution in [0.2, 0.25) is 0 Å². The predicted molar refractivity (Wildman–Crippen MR) is 86.5 cm³/mol. The van der Waals surface area contributed by atoms with Crippen molar-refractivity contribution >= 4 is 39.9 Å². The number of fused-ring (bicyclic) bond motifs is 2. The summed E-state index contributed by atoms with van der Waals surface area (Å²) in [4.78, 5) is 9.25. The van der Waals surface area contributed by atoms with Gasteiger partial charge in [0.1, 0.15) is 0 Å². The molecule has 3 aromatic rings. The van der Waals surface area contributed by atoms with Crippen LogP contribution in [0.5, 0.6) is 0 Å². The minimum absolute atomic E-state index is 0. The lowest BCUT2D eigenvalue weighted by atomic mass is 10.0. The van der Waals surface area contributed by atoms with Crippen LogP contribution < -0.4 is 0 Å². The fourth-order valence-electron chi connectivity index (χ4n) is 1.88. The fraction of sp³-hybridized carbons (Fsp3) is 0. The molecule has 0 aliphatic rings. The van der Waals surface area contributed by atoms with Gasteiger partial charge in [0.15, 0.2) is 0 Å². The summed E-state index contributed by atoms with van der Waals surface area (Å²) in [6.07, 6.45) is 0.833. The number of rotatable bonds is 1. The number of carboxylic acids is 1. The van der Waals surface area contributed by atoms with Crippen molar-refractivity contribution in [1.29, 1.82) is 0 Å². The molecule has 3 heteroatoms. The highest BCUT2D eigenvalue weighted by Crippen LogP contribution is 2.21. The monoisotopic (exact) mass is 286 g/mol. The first-order chi connectivity index (χ1) is 9.20. The molecule has 0 saturated heterocycles. The number of carboxylic acid groups (broad SMARTS) is 1. The molecule has 0 amide bonds. The maximum atomic E-state index is 9.25. The van der Waals surface area contributed by atoms with E-state index in [9.17, 15) is 4.79 Å². The molecule has 3 rings (SSSR count). The summed E-state index contributed by atoms with van der Waals surface area (Å²) in [6, 6.07) is 21.4. The third kappa shape index (κ3) is 3.84. The number of benzene rings is 3. The molecule has 0 aromatic heterocycles. The lowest BCUT2D eigenvalue weighted by Crippen LogP contribution is -1.82. The molecule has 0 fully saturated rings. The van der Waals surface area contributed by atoms with Crippen molar-refractivity contribution in [3.8, 4) is 0 Å². The summed E-state index contributed by atoms with van der Waals surface area (Å²) in [6.45, 7) is 2.96. The smallest absolute Gasteiger partial charge is 0.327 e. The highest BCUT2D eigenvalue weighted by atomic mass is 35.5. The second-order valence-electron chi connectivity index (χ2n) is 4.09. The van der Waals surface area contributed by atoms with E-state index in [2.05, 4.69) is 67.2 Å². The van der Waals surface area contributed by atoms with Gasteiger partial charge in [-0.15, -0.1) is 12.4 Å². The Morgan fingerprint density at radius 2 is 1.10 bits per heavy atom. The van der Waals surface area contributed by atoms with Crippen molar-refractivity contribution in [2.75, 3.05) is 0 Å². The molecular weight excluding hydrogens is 272 g/mol. The van der Waals surface area contributed by atoms with Crippen LogP contribution in [-0.2, 0) is 4.79 Å². The third-order valence-corrected chi connectivity index (χ3v) is 2.79. The van der Waals surface area contributed by atoms with Gasteiger partial charge in [-0.05, 0) is 33.7 Å². The molecule has 0 aliphatic heterocycles. The van der Waals surface area contributed by atoms with Crippen LogP contribution in [0.25, 0.3) is 21.5 Å². The van der Waals surface area contributed by atoms with Gasteiger partial charge in [-0.25, -0.2) is 4.79 Å². The summed E-state index contributed by atoms with van der Waals surface area (Å²) in [7, 11) is 0. The first kappa shape index (κ1) is 15.7.